The van der Waals surface area contributed by atoms with Gasteiger partial charge in [-0.3, -0.25) is 5.10 Å². The summed E-state index contributed by atoms with van der Waals surface area (Å²) in [6, 6.07) is 0. The van der Waals surface area contributed by atoms with Crippen molar-refractivity contribution in [3.05, 3.63) is 24.0 Å². The van der Waals surface area contributed by atoms with Crippen LogP contribution >= 0.6 is 0 Å². The second-order valence-electron chi connectivity index (χ2n) is 2.19. The number of aromatic nitrogens is 2. The van der Waals surface area contributed by atoms with Gasteiger partial charge in [0.05, 0.1) is 11.8 Å². The Balaban J connectivity index is 3.02. The summed E-state index contributed by atoms with van der Waals surface area (Å²) < 4.78 is 0. The fraction of sp³-hybridized carbons (Fsp3) is 0.143. The fourth-order valence-electron chi connectivity index (χ4n) is 0.770. The third kappa shape index (κ3) is 1.29. The van der Waals surface area contributed by atoms with Crippen molar-refractivity contribution in [1.82, 2.24) is 10.2 Å². The van der Waals surface area contributed by atoms with Gasteiger partial charge < -0.3 is 5.11 Å². The Morgan fingerprint density at radius 1 is 1.82 bits per heavy atom. The minimum absolute atomic E-state index is 0.0660. The summed E-state index contributed by atoms with van der Waals surface area (Å²) in [7, 11) is 0. The van der Waals surface area contributed by atoms with Crippen LogP contribution in [0.3, 0.4) is 0 Å². The Kier molecular flexibility index (Phi) is 1.76. The maximum atomic E-state index is 10.4. The number of aliphatic carboxylic acids is 1. The topological polar surface area (TPSA) is 66.0 Å². The van der Waals surface area contributed by atoms with E-state index in [2.05, 4.69) is 16.8 Å². The second-order valence-corrected chi connectivity index (χ2v) is 2.19. The van der Waals surface area contributed by atoms with Crippen LogP contribution < -0.4 is 0 Å². The van der Waals surface area contributed by atoms with E-state index in [4.69, 9.17) is 5.11 Å². The zero-order chi connectivity index (χ0) is 8.43. The smallest absolute Gasteiger partial charge is 0.335 e. The van der Waals surface area contributed by atoms with Gasteiger partial charge in [-0.05, 0) is 6.92 Å². The molecule has 1 aromatic rings. The lowest BCUT2D eigenvalue weighted by atomic mass is 10.1. The normalized spacial score (nSPS) is 9.55. The summed E-state index contributed by atoms with van der Waals surface area (Å²) in [6.07, 6.45) is 1.45. The standard InChI is InChI=1S/C7H8N2O2/c1-4(7(10)11)6-3-8-9-5(6)2/h3H,1H2,2H3,(H,8,9)(H,10,11). The lowest BCUT2D eigenvalue weighted by molar-refractivity contribution is -0.130. The van der Waals surface area contributed by atoms with Crippen LogP contribution in [0.15, 0.2) is 12.8 Å². The van der Waals surface area contributed by atoms with Crippen LogP contribution in [0.5, 0.6) is 0 Å². The van der Waals surface area contributed by atoms with E-state index in [1.807, 2.05) is 0 Å². The molecule has 0 unspecified atom stereocenters. The van der Waals surface area contributed by atoms with Gasteiger partial charge in [0.15, 0.2) is 0 Å². The number of hydrogen-bond donors (Lipinski definition) is 2. The highest BCUT2D eigenvalue weighted by atomic mass is 16.4. The van der Waals surface area contributed by atoms with E-state index in [0.29, 0.717) is 5.56 Å². The SMILES string of the molecule is C=C(C(=O)O)c1cn[nH]c1C. The van der Waals surface area contributed by atoms with E-state index in [9.17, 15) is 4.79 Å². The summed E-state index contributed by atoms with van der Waals surface area (Å²) in [5.74, 6) is -1.02. The molecule has 0 radical (unpaired) electrons. The second kappa shape index (κ2) is 2.57. The first kappa shape index (κ1) is 7.53. The predicted molar refractivity (Wildman–Crippen MR) is 40.0 cm³/mol. The number of carboxylic acid groups (broad SMARTS) is 1. The number of carboxylic acids is 1. The number of rotatable bonds is 2. The van der Waals surface area contributed by atoms with Crippen molar-refractivity contribution in [2.75, 3.05) is 0 Å². The van der Waals surface area contributed by atoms with Crippen LogP contribution in [0.25, 0.3) is 5.57 Å². The molecule has 4 nitrogen and oxygen atoms in total. The van der Waals surface area contributed by atoms with Crippen molar-refractivity contribution in [3.63, 3.8) is 0 Å². The van der Waals surface area contributed by atoms with Crippen molar-refractivity contribution in [2.24, 2.45) is 0 Å². The van der Waals surface area contributed by atoms with E-state index in [0.717, 1.165) is 5.69 Å². The quantitative estimate of drug-likeness (QED) is 0.616. The van der Waals surface area contributed by atoms with Crippen LogP contribution in [0.2, 0.25) is 0 Å². The van der Waals surface area contributed by atoms with Crippen molar-refractivity contribution < 1.29 is 9.90 Å². The molecule has 0 spiro atoms. The van der Waals surface area contributed by atoms with Crippen LogP contribution in [-0.4, -0.2) is 21.3 Å². The molecule has 0 aliphatic rings. The third-order valence-corrected chi connectivity index (χ3v) is 1.41. The number of aromatic amines is 1. The summed E-state index contributed by atoms with van der Waals surface area (Å²) in [5, 5.41) is 14.8. The molecule has 0 saturated carbocycles. The highest BCUT2D eigenvalue weighted by Crippen LogP contribution is 2.13. The van der Waals surface area contributed by atoms with Crippen molar-refractivity contribution in [2.45, 2.75) is 6.92 Å². The number of hydrogen-bond acceptors (Lipinski definition) is 2. The predicted octanol–water partition coefficient (Wildman–Crippen LogP) is 0.816. The molecule has 1 rings (SSSR count). The first-order valence-corrected chi connectivity index (χ1v) is 3.05. The van der Waals surface area contributed by atoms with E-state index in [-0.39, 0.29) is 5.57 Å². The number of aryl methyl sites for hydroxylation is 1. The molecular weight excluding hydrogens is 144 g/mol. The van der Waals surface area contributed by atoms with Gasteiger partial charge in [0.1, 0.15) is 0 Å². The Labute approximate surface area is 63.6 Å². The maximum Gasteiger partial charge on any atom is 0.335 e. The van der Waals surface area contributed by atoms with Crippen LogP contribution in [0.4, 0.5) is 0 Å². The highest BCUT2D eigenvalue weighted by molar-refractivity contribution is 6.14. The summed E-state index contributed by atoms with van der Waals surface area (Å²) in [4.78, 5) is 10.4. The van der Waals surface area contributed by atoms with E-state index in [1.54, 1.807) is 6.92 Å². The minimum Gasteiger partial charge on any atom is -0.478 e. The summed E-state index contributed by atoms with van der Waals surface area (Å²) in [5.41, 5.74) is 1.34. The molecule has 0 bridgehead atoms. The van der Waals surface area contributed by atoms with E-state index >= 15 is 0 Å². The average Bonchev–Trinajstić information content (AvgIpc) is 2.33. The molecule has 0 atom stereocenters. The van der Waals surface area contributed by atoms with Gasteiger partial charge in [-0.1, -0.05) is 6.58 Å². The molecule has 1 aromatic heterocycles. The van der Waals surface area contributed by atoms with Gasteiger partial charge in [-0.15, -0.1) is 0 Å². The Morgan fingerprint density at radius 3 is 2.82 bits per heavy atom. The van der Waals surface area contributed by atoms with Gasteiger partial charge >= 0.3 is 5.97 Å². The van der Waals surface area contributed by atoms with Crippen molar-refractivity contribution >= 4 is 11.5 Å². The first-order valence-electron chi connectivity index (χ1n) is 3.05. The minimum atomic E-state index is -1.02. The molecule has 0 amide bonds. The van der Waals surface area contributed by atoms with Gasteiger partial charge in [-0.25, -0.2) is 4.79 Å². The van der Waals surface area contributed by atoms with Crippen molar-refractivity contribution in [1.29, 1.82) is 0 Å². The monoisotopic (exact) mass is 152 g/mol. The zero-order valence-electron chi connectivity index (χ0n) is 6.09. The Hall–Kier alpha value is -1.58. The molecule has 0 saturated heterocycles. The number of nitrogens with zero attached hydrogens (tertiary/aromatic N) is 1. The lowest BCUT2D eigenvalue weighted by Crippen LogP contribution is -1.97. The largest absolute Gasteiger partial charge is 0.478 e. The fourth-order valence-corrected chi connectivity index (χ4v) is 0.770. The molecule has 0 aliphatic carbocycles. The molecule has 2 N–H and O–H groups in total. The molecule has 0 fully saturated rings. The number of carbonyl (C=O) groups is 1. The lowest BCUT2D eigenvalue weighted by Gasteiger charge is -1.95. The molecule has 11 heavy (non-hydrogen) atoms. The maximum absolute atomic E-state index is 10.4. The molecule has 4 heteroatoms. The van der Waals surface area contributed by atoms with E-state index < -0.39 is 5.97 Å². The Bertz CT molecular complexity index is 301. The van der Waals surface area contributed by atoms with Gasteiger partial charge in [0.25, 0.3) is 0 Å². The molecule has 0 aromatic carbocycles. The molecule has 1 heterocycles. The molecular formula is C7H8N2O2. The van der Waals surface area contributed by atoms with E-state index in [1.165, 1.54) is 6.20 Å². The van der Waals surface area contributed by atoms with Gasteiger partial charge in [0.2, 0.25) is 0 Å². The molecule has 58 valence electrons. The van der Waals surface area contributed by atoms with Gasteiger partial charge in [-0.2, -0.15) is 5.10 Å². The summed E-state index contributed by atoms with van der Waals surface area (Å²) in [6.45, 7) is 5.14. The zero-order valence-corrected chi connectivity index (χ0v) is 6.09. The van der Waals surface area contributed by atoms with Crippen LogP contribution in [-0.2, 0) is 4.79 Å². The third-order valence-electron chi connectivity index (χ3n) is 1.41. The number of H-pyrrole nitrogens is 1. The van der Waals surface area contributed by atoms with Crippen LogP contribution in [0.1, 0.15) is 11.3 Å². The highest BCUT2D eigenvalue weighted by Gasteiger charge is 2.10. The van der Waals surface area contributed by atoms with Gasteiger partial charge in [0, 0.05) is 11.3 Å². The summed E-state index contributed by atoms with van der Waals surface area (Å²) >= 11 is 0. The Morgan fingerprint density at radius 2 is 2.45 bits per heavy atom. The number of nitrogens with one attached hydrogen (secondary N) is 1. The van der Waals surface area contributed by atoms with Crippen LogP contribution in [0, 0.1) is 6.92 Å². The first-order chi connectivity index (χ1) is 5.13. The average molecular weight is 152 g/mol. The molecule has 0 aliphatic heterocycles. The van der Waals surface area contributed by atoms with Crippen molar-refractivity contribution in [3.8, 4) is 0 Å².